The molecule has 176 valence electrons. The van der Waals surface area contributed by atoms with E-state index < -0.39 is 0 Å². The number of piperidine rings is 2. The summed E-state index contributed by atoms with van der Waals surface area (Å²) in [5.74, 6) is 0.558. The molecule has 3 rings (SSSR count). The highest BCUT2D eigenvalue weighted by atomic mass is 127. The Morgan fingerprint density at radius 2 is 1.23 bits per heavy atom. The van der Waals surface area contributed by atoms with Crippen molar-refractivity contribution in [2.24, 2.45) is 0 Å². The van der Waals surface area contributed by atoms with Crippen LogP contribution >= 0.6 is 0 Å². The van der Waals surface area contributed by atoms with E-state index in [1.807, 2.05) is 9.80 Å². The lowest BCUT2D eigenvalue weighted by Crippen LogP contribution is -3.00. The number of halogens is 2. The lowest BCUT2D eigenvalue weighted by molar-refractivity contribution is -0.927. The summed E-state index contributed by atoms with van der Waals surface area (Å²) in [6, 6.07) is 0.0334. The van der Waals surface area contributed by atoms with E-state index in [2.05, 4.69) is 21.0 Å². The zero-order valence-corrected chi connectivity index (χ0v) is 23.6. The van der Waals surface area contributed by atoms with Crippen LogP contribution in [0.2, 0.25) is 0 Å². The Kier molecular flexibility index (Phi) is 11.8. The van der Waals surface area contributed by atoms with Crippen LogP contribution in [0.1, 0.15) is 51.9 Å². The molecule has 3 fully saturated rings. The van der Waals surface area contributed by atoms with Crippen molar-refractivity contribution in [3.63, 3.8) is 0 Å². The van der Waals surface area contributed by atoms with Crippen LogP contribution in [0.25, 0.3) is 0 Å². The van der Waals surface area contributed by atoms with Crippen molar-refractivity contribution in [2.45, 2.75) is 57.9 Å². The lowest BCUT2D eigenvalue weighted by Gasteiger charge is -2.44. The molecule has 0 N–H and O–H groups in total. The highest BCUT2D eigenvalue weighted by molar-refractivity contribution is 5.81. The van der Waals surface area contributed by atoms with Crippen molar-refractivity contribution in [1.82, 2.24) is 9.80 Å². The zero-order valence-electron chi connectivity index (χ0n) is 19.3. The molecule has 0 aromatic carbocycles. The Labute approximate surface area is 217 Å². The van der Waals surface area contributed by atoms with Gasteiger partial charge in [-0.05, 0) is 45.4 Å². The van der Waals surface area contributed by atoms with Crippen LogP contribution in [0.15, 0.2) is 0 Å². The highest BCUT2D eigenvalue weighted by Crippen LogP contribution is 2.22. The van der Waals surface area contributed by atoms with Gasteiger partial charge < -0.3 is 66.7 Å². The van der Waals surface area contributed by atoms with Crippen LogP contribution in [-0.2, 0) is 9.59 Å². The second-order valence-electron chi connectivity index (χ2n) is 9.97. The molecule has 6 nitrogen and oxygen atoms in total. The van der Waals surface area contributed by atoms with Crippen LogP contribution < -0.4 is 48.0 Å². The average molecular weight is 648 g/mol. The van der Waals surface area contributed by atoms with Gasteiger partial charge in [0.2, 0.25) is 5.91 Å². The summed E-state index contributed by atoms with van der Waals surface area (Å²) >= 11 is 0. The first-order valence-electron chi connectivity index (χ1n) is 11.6. The Morgan fingerprint density at radius 1 is 0.767 bits per heavy atom. The maximum absolute atomic E-state index is 13.1. The van der Waals surface area contributed by atoms with Crippen molar-refractivity contribution < 1.29 is 66.5 Å². The molecule has 1 atom stereocenters. The molecule has 0 spiro atoms. The molecule has 3 aliphatic rings. The van der Waals surface area contributed by atoms with Crippen LogP contribution in [0.3, 0.4) is 0 Å². The largest absolute Gasteiger partial charge is 1.00 e. The summed E-state index contributed by atoms with van der Waals surface area (Å²) in [5, 5.41) is 0. The first-order chi connectivity index (χ1) is 13.3. The summed E-state index contributed by atoms with van der Waals surface area (Å²) in [5.41, 5.74) is 0. The summed E-state index contributed by atoms with van der Waals surface area (Å²) in [6.07, 6.45) is 8.33. The quantitative estimate of drug-likeness (QED) is 0.224. The summed E-state index contributed by atoms with van der Waals surface area (Å²) < 4.78 is 1.94. The zero-order chi connectivity index (χ0) is 20.2. The second-order valence-corrected chi connectivity index (χ2v) is 9.97. The van der Waals surface area contributed by atoms with Gasteiger partial charge in [0.25, 0.3) is 5.91 Å². The molecule has 0 aromatic heterocycles. The molecule has 0 saturated carbocycles. The van der Waals surface area contributed by atoms with Gasteiger partial charge in [0.15, 0.2) is 6.04 Å². The van der Waals surface area contributed by atoms with E-state index in [0.29, 0.717) is 32.6 Å². The number of hydrogen-bond donors (Lipinski definition) is 0. The monoisotopic (exact) mass is 648 g/mol. The third-order valence-electron chi connectivity index (χ3n) is 7.84. The van der Waals surface area contributed by atoms with Gasteiger partial charge in [-0.2, -0.15) is 0 Å². The van der Waals surface area contributed by atoms with Crippen LogP contribution in [0.4, 0.5) is 0 Å². The van der Waals surface area contributed by atoms with E-state index in [1.54, 1.807) is 0 Å². The minimum absolute atomic E-state index is 0. The standard InChI is InChI=1S/C22H42N4O2.2HI/c1-20(26(3)17-8-5-9-18-26)22(28)24-13-11-23(12-14-24)21(27)10-19-25(2)15-6-4-7-16-25;;/h20H,4-19H2,1-3H3;2*1H/q+2;;/p-2. The SMILES string of the molecule is CC(C(=O)N1CCN(C(=O)CC[N+]2(C)CCCCC2)CC1)[N+]1(C)CCCCC1.[I-].[I-]. The second kappa shape index (κ2) is 12.5. The number of piperazine rings is 1. The van der Waals surface area contributed by atoms with Gasteiger partial charge in [-0.25, -0.2) is 0 Å². The van der Waals surface area contributed by atoms with Crippen molar-refractivity contribution in [2.75, 3.05) is 73.0 Å². The smallest absolute Gasteiger partial charge is 0.280 e. The molecule has 0 aromatic rings. The van der Waals surface area contributed by atoms with Crippen molar-refractivity contribution in [3.8, 4) is 0 Å². The average Bonchev–Trinajstić information content (AvgIpc) is 2.72. The fraction of sp³-hybridized carbons (Fsp3) is 0.909. The highest BCUT2D eigenvalue weighted by Gasteiger charge is 2.39. The number of carbonyl (C=O) groups is 2. The molecule has 8 heteroatoms. The van der Waals surface area contributed by atoms with E-state index in [0.717, 1.165) is 28.6 Å². The van der Waals surface area contributed by atoms with E-state index >= 15 is 0 Å². The molecule has 3 saturated heterocycles. The fourth-order valence-corrected chi connectivity index (χ4v) is 5.35. The van der Waals surface area contributed by atoms with Crippen molar-refractivity contribution in [3.05, 3.63) is 0 Å². The molecular weight excluding hydrogens is 606 g/mol. The maximum atomic E-state index is 13.1. The predicted octanol–water partition coefficient (Wildman–Crippen LogP) is -4.30. The van der Waals surface area contributed by atoms with Gasteiger partial charge in [0.05, 0.1) is 53.2 Å². The molecule has 2 amide bonds. The molecule has 0 radical (unpaired) electrons. The Hall–Kier alpha value is 0.320. The first kappa shape index (κ1) is 28.4. The molecule has 0 aliphatic carbocycles. The number of quaternary nitrogens is 2. The van der Waals surface area contributed by atoms with Gasteiger partial charge in [-0.15, -0.1) is 0 Å². The minimum Gasteiger partial charge on any atom is -1.00 e. The predicted molar refractivity (Wildman–Crippen MR) is 112 cm³/mol. The Morgan fingerprint density at radius 3 is 1.77 bits per heavy atom. The Bertz CT molecular complexity index is 555. The molecule has 30 heavy (non-hydrogen) atoms. The van der Waals surface area contributed by atoms with Crippen molar-refractivity contribution >= 4 is 11.8 Å². The topological polar surface area (TPSA) is 40.6 Å². The Balaban J connectivity index is 0.00000225. The number of hydrogen-bond acceptors (Lipinski definition) is 2. The molecular formula is C22H42I2N4O2. The maximum Gasteiger partial charge on any atom is 0.280 e. The van der Waals surface area contributed by atoms with Gasteiger partial charge >= 0.3 is 0 Å². The van der Waals surface area contributed by atoms with Gasteiger partial charge in [-0.1, -0.05) is 0 Å². The number of rotatable bonds is 5. The number of carbonyl (C=O) groups excluding carboxylic acids is 2. The van der Waals surface area contributed by atoms with Crippen molar-refractivity contribution in [1.29, 1.82) is 0 Å². The summed E-state index contributed by atoms with van der Waals surface area (Å²) in [6.45, 7) is 10.5. The normalized spacial score (nSPS) is 24.2. The third kappa shape index (κ3) is 7.16. The minimum atomic E-state index is 0. The van der Waals surface area contributed by atoms with Crippen LogP contribution in [0.5, 0.6) is 0 Å². The van der Waals surface area contributed by atoms with E-state index in [4.69, 9.17) is 0 Å². The van der Waals surface area contributed by atoms with E-state index in [9.17, 15) is 9.59 Å². The first-order valence-corrected chi connectivity index (χ1v) is 11.6. The summed E-state index contributed by atoms with van der Waals surface area (Å²) in [7, 11) is 4.54. The molecule has 0 bridgehead atoms. The van der Waals surface area contributed by atoms with E-state index in [-0.39, 0.29) is 65.8 Å². The lowest BCUT2D eigenvalue weighted by atomic mass is 10.0. The fourth-order valence-electron chi connectivity index (χ4n) is 5.35. The molecule has 3 aliphatic heterocycles. The number of likely N-dealkylation sites (tertiary alicyclic amines) is 2. The van der Waals surface area contributed by atoms with Crippen LogP contribution in [-0.4, -0.2) is 110 Å². The van der Waals surface area contributed by atoms with Crippen LogP contribution in [0, 0.1) is 0 Å². The van der Waals surface area contributed by atoms with Gasteiger partial charge in [-0.3, -0.25) is 9.59 Å². The van der Waals surface area contributed by atoms with E-state index in [1.165, 1.54) is 51.6 Å². The number of amides is 2. The number of likely N-dealkylation sites (N-methyl/N-ethyl adjacent to an activating group) is 1. The summed E-state index contributed by atoms with van der Waals surface area (Å²) in [4.78, 5) is 29.8. The third-order valence-corrected chi connectivity index (χ3v) is 7.84. The molecule has 1 unspecified atom stereocenters. The van der Waals surface area contributed by atoms with Gasteiger partial charge in [0.1, 0.15) is 0 Å². The van der Waals surface area contributed by atoms with Gasteiger partial charge in [0, 0.05) is 26.2 Å². The molecule has 3 heterocycles. The number of nitrogens with zero attached hydrogens (tertiary/aromatic N) is 4.